The van der Waals surface area contributed by atoms with Crippen LogP contribution in [0.5, 0.6) is 0 Å². The highest BCUT2D eigenvalue weighted by Crippen LogP contribution is 2.42. The molecule has 1 aliphatic carbocycles. The minimum absolute atomic E-state index is 0.128. The maximum atomic E-state index is 12.1. The number of nitrogens with zero attached hydrogens (tertiary/aromatic N) is 1. The van der Waals surface area contributed by atoms with Gasteiger partial charge in [0, 0.05) is 24.9 Å². The number of Topliss-reactive ketones (excluding diaryl/α,β-unsaturated/α-hetero) is 1. The number of ether oxygens (including phenoxy) is 1. The number of carbonyl (C=O) groups is 2. The van der Waals surface area contributed by atoms with Gasteiger partial charge in [-0.05, 0) is 46.5 Å². The summed E-state index contributed by atoms with van der Waals surface area (Å²) in [6, 6.07) is 0. The Morgan fingerprint density at radius 2 is 1.79 bits per heavy atom. The summed E-state index contributed by atoms with van der Waals surface area (Å²) in [6.07, 6.45) is 5.30. The van der Waals surface area contributed by atoms with Crippen LogP contribution in [0.25, 0.3) is 0 Å². The number of likely N-dealkylation sites (tertiary alicyclic amines) is 1. The monoisotopic (exact) mass is 267 g/mol. The van der Waals surface area contributed by atoms with E-state index >= 15 is 0 Å². The third-order valence-electron chi connectivity index (χ3n) is 4.27. The van der Waals surface area contributed by atoms with Crippen LogP contribution in [0.3, 0.4) is 0 Å². The van der Waals surface area contributed by atoms with E-state index in [0.29, 0.717) is 18.9 Å². The molecule has 1 amide bonds. The van der Waals surface area contributed by atoms with Gasteiger partial charge in [-0.1, -0.05) is 6.42 Å². The summed E-state index contributed by atoms with van der Waals surface area (Å²) >= 11 is 0. The molecular weight excluding hydrogens is 242 g/mol. The largest absolute Gasteiger partial charge is 0.444 e. The normalized spacial score (nSPS) is 23.5. The summed E-state index contributed by atoms with van der Waals surface area (Å²) in [5.41, 5.74) is -0.580. The predicted octanol–water partition coefficient (Wildman–Crippen LogP) is 3.15. The van der Waals surface area contributed by atoms with E-state index in [1.807, 2.05) is 20.8 Å². The summed E-state index contributed by atoms with van der Waals surface area (Å²) < 4.78 is 5.38. The van der Waals surface area contributed by atoms with Crippen molar-refractivity contribution in [1.29, 1.82) is 0 Å². The van der Waals surface area contributed by atoms with Crippen molar-refractivity contribution in [2.75, 3.05) is 13.1 Å². The summed E-state index contributed by atoms with van der Waals surface area (Å²) in [6.45, 7) is 6.93. The Balaban J connectivity index is 1.92. The van der Waals surface area contributed by atoms with Crippen molar-refractivity contribution < 1.29 is 14.3 Å². The zero-order valence-electron chi connectivity index (χ0n) is 12.3. The Morgan fingerprint density at radius 1 is 1.16 bits per heavy atom. The summed E-state index contributed by atoms with van der Waals surface area (Å²) in [4.78, 5) is 25.9. The lowest BCUT2D eigenvalue weighted by Gasteiger charge is -2.42. The molecule has 2 aliphatic rings. The first-order valence-electron chi connectivity index (χ1n) is 7.34. The SMILES string of the molecule is CC(C)(C)OC(=O)N1CCC2(CCCCC2=O)CC1. The highest BCUT2D eigenvalue weighted by atomic mass is 16.6. The molecule has 4 heteroatoms. The first-order valence-corrected chi connectivity index (χ1v) is 7.34. The summed E-state index contributed by atoms with van der Waals surface area (Å²) in [5, 5.41) is 0. The third kappa shape index (κ3) is 3.28. The van der Waals surface area contributed by atoms with Gasteiger partial charge >= 0.3 is 6.09 Å². The highest BCUT2D eigenvalue weighted by molar-refractivity contribution is 5.85. The van der Waals surface area contributed by atoms with Crippen LogP contribution < -0.4 is 0 Å². The first kappa shape index (κ1) is 14.4. The van der Waals surface area contributed by atoms with E-state index in [-0.39, 0.29) is 11.5 Å². The fourth-order valence-electron chi connectivity index (χ4n) is 3.13. The summed E-state index contributed by atoms with van der Waals surface area (Å²) in [7, 11) is 0. The number of hydrogen-bond donors (Lipinski definition) is 0. The van der Waals surface area contributed by atoms with Crippen LogP contribution in [0.4, 0.5) is 4.79 Å². The van der Waals surface area contributed by atoms with E-state index in [9.17, 15) is 9.59 Å². The molecule has 0 atom stereocenters. The molecule has 1 spiro atoms. The molecule has 1 heterocycles. The van der Waals surface area contributed by atoms with E-state index < -0.39 is 5.60 Å². The van der Waals surface area contributed by atoms with Gasteiger partial charge in [0.25, 0.3) is 0 Å². The molecule has 108 valence electrons. The minimum Gasteiger partial charge on any atom is -0.444 e. The molecule has 0 bridgehead atoms. The Kier molecular flexibility index (Phi) is 3.88. The quantitative estimate of drug-likeness (QED) is 0.677. The van der Waals surface area contributed by atoms with E-state index in [4.69, 9.17) is 4.74 Å². The van der Waals surface area contributed by atoms with Gasteiger partial charge in [0.15, 0.2) is 0 Å². The number of piperidine rings is 1. The number of ketones is 1. The van der Waals surface area contributed by atoms with Gasteiger partial charge in [-0.15, -0.1) is 0 Å². The minimum atomic E-state index is -0.452. The van der Waals surface area contributed by atoms with E-state index in [0.717, 1.165) is 38.5 Å². The summed E-state index contributed by atoms with van der Waals surface area (Å²) in [5.74, 6) is 0.419. The van der Waals surface area contributed by atoms with Crippen molar-refractivity contribution in [2.45, 2.75) is 64.9 Å². The van der Waals surface area contributed by atoms with Crippen molar-refractivity contribution in [2.24, 2.45) is 5.41 Å². The maximum absolute atomic E-state index is 12.1. The molecule has 1 saturated heterocycles. The van der Waals surface area contributed by atoms with Crippen LogP contribution in [0.15, 0.2) is 0 Å². The highest BCUT2D eigenvalue weighted by Gasteiger charge is 2.43. The lowest BCUT2D eigenvalue weighted by Crippen LogP contribution is -2.48. The fraction of sp³-hybridized carbons (Fsp3) is 0.867. The first-order chi connectivity index (χ1) is 8.82. The van der Waals surface area contributed by atoms with Gasteiger partial charge in [-0.2, -0.15) is 0 Å². The standard InChI is InChI=1S/C15H25NO3/c1-14(2,3)19-13(18)16-10-8-15(9-11-16)7-5-4-6-12(15)17/h4-11H2,1-3H3. The maximum Gasteiger partial charge on any atom is 0.410 e. The number of carbonyl (C=O) groups excluding carboxylic acids is 2. The number of amides is 1. The molecule has 1 aliphatic heterocycles. The molecule has 2 rings (SSSR count). The topological polar surface area (TPSA) is 46.6 Å². The molecule has 2 fully saturated rings. The second-order valence-electron chi connectivity index (χ2n) is 6.88. The van der Waals surface area contributed by atoms with Crippen LogP contribution in [-0.2, 0) is 9.53 Å². The molecule has 1 saturated carbocycles. The molecule has 4 nitrogen and oxygen atoms in total. The van der Waals surface area contributed by atoms with E-state index in [2.05, 4.69) is 0 Å². The lowest BCUT2D eigenvalue weighted by molar-refractivity contribution is -0.134. The molecule has 0 unspecified atom stereocenters. The zero-order chi connectivity index (χ0) is 14.1. The molecule has 19 heavy (non-hydrogen) atoms. The Labute approximate surface area is 115 Å². The van der Waals surface area contributed by atoms with Gasteiger partial charge in [-0.3, -0.25) is 4.79 Å². The van der Waals surface area contributed by atoms with E-state index in [1.165, 1.54) is 0 Å². The van der Waals surface area contributed by atoms with Crippen molar-refractivity contribution in [3.05, 3.63) is 0 Å². The average molecular weight is 267 g/mol. The van der Waals surface area contributed by atoms with Gasteiger partial charge in [0.05, 0.1) is 0 Å². The van der Waals surface area contributed by atoms with Crippen LogP contribution in [0.1, 0.15) is 59.3 Å². The van der Waals surface area contributed by atoms with Crippen molar-refractivity contribution in [3.8, 4) is 0 Å². The Hall–Kier alpha value is -1.06. The van der Waals surface area contributed by atoms with Gasteiger partial charge in [-0.25, -0.2) is 4.79 Å². The molecule has 0 aromatic carbocycles. The molecule has 0 radical (unpaired) electrons. The average Bonchev–Trinajstić information content (AvgIpc) is 2.32. The Bertz CT molecular complexity index is 362. The second-order valence-corrected chi connectivity index (χ2v) is 6.88. The van der Waals surface area contributed by atoms with Crippen LogP contribution in [-0.4, -0.2) is 35.5 Å². The van der Waals surface area contributed by atoms with Crippen molar-refractivity contribution in [3.63, 3.8) is 0 Å². The number of rotatable bonds is 0. The second kappa shape index (κ2) is 5.14. The zero-order valence-corrected chi connectivity index (χ0v) is 12.3. The van der Waals surface area contributed by atoms with Gasteiger partial charge < -0.3 is 9.64 Å². The van der Waals surface area contributed by atoms with Crippen LogP contribution in [0, 0.1) is 5.41 Å². The van der Waals surface area contributed by atoms with E-state index in [1.54, 1.807) is 4.90 Å². The van der Waals surface area contributed by atoms with Crippen molar-refractivity contribution >= 4 is 11.9 Å². The van der Waals surface area contributed by atoms with Crippen LogP contribution in [0.2, 0.25) is 0 Å². The molecule has 0 aromatic rings. The predicted molar refractivity (Wildman–Crippen MR) is 72.9 cm³/mol. The molecular formula is C15H25NO3. The Morgan fingerprint density at radius 3 is 2.32 bits per heavy atom. The van der Waals surface area contributed by atoms with Crippen LogP contribution >= 0.6 is 0 Å². The third-order valence-corrected chi connectivity index (χ3v) is 4.27. The number of hydrogen-bond acceptors (Lipinski definition) is 3. The van der Waals surface area contributed by atoms with Gasteiger partial charge in [0.2, 0.25) is 0 Å². The smallest absolute Gasteiger partial charge is 0.410 e. The molecule has 0 aromatic heterocycles. The van der Waals surface area contributed by atoms with Gasteiger partial charge in [0.1, 0.15) is 11.4 Å². The molecule has 0 N–H and O–H groups in total. The van der Waals surface area contributed by atoms with Crippen molar-refractivity contribution in [1.82, 2.24) is 4.90 Å². The fourth-order valence-corrected chi connectivity index (χ4v) is 3.13. The lowest BCUT2D eigenvalue weighted by atomic mass is 9.67.